The summed E-state index contributed by atoms with van der Waals surface area (Å²) in [6, 6.07) is 9.89. The molecule has 6 heteroatoms. The van der Waals surface area contributed by atoms with E-state index >= 15 is 0 Å². The molecule has 1 aliphatic heterocycles. The van der Waals surface area contributed by atoms with Crippen LogP contribution in [0.15, 0.2) is 41.1 Å². The molecule has 0 saturated heterocycles. The largest absolute Gasteiger partial charge is 0.293 e. The van der Waals surface area contributed by atoms with Gasteiger partial charge in [-0.15, -0.1) is 0 Å². The van der Waals surface area contributed by atoms with Crippen molar-refractivity contribution in [3.63, 3.8) is 0 Å². The lowest BCUT2D eigenvalue weighted by molar-refractivity contribution is 0.271. The van der Waals surface area contributed by atoms with E-state index in [2.05, 4.69) is 21.7 Å². The van der Waals surface area contributed by atoms with E-state index in [1.165, 1.54) is 16.1 Å². The maximum Gasteiger partial charge on any atom is 0.232 e. The quantitative estimate of drug-likeness (QED) is 0.872. The van der Waals surface area contributed by atoms with Gasteiger partial charge in [0.15, 0.2) is 0 Å². The zero-order chi connectivity index (χ0) is 14.9. The molecule has 0 fully saturated rings. The van der Waals surface area contributed by atoms with Crippen molar-refractivity contribution in [1.29, 1.82) is 0 Å². The highest BCUT2D eigenvalue weighted by atomic mass is 32.2. The minimum Gasteiger partial charge on any atom is -0.293 e. The molecular weight excluding hydrogens is 304 g/mol. The number of hydrogen-bond donors (Lipinski definition) is 0. The predicted molar refractivity (Wildman–Crippen MR) is 87.1 cm³/mol. The summed E-state index contributed by atoms with van der Waals surface area (Å²) in [5.74, 6) is 0. The van der Waals surface area contributed by atoms with Gasteiger partial charge >= 0.3 is 0 Å². The number of fused-ring (bicyclic) bond motifs is 1. The number of benzene rings is 1. The van der Waals surface area contributed by atoms with Gasteiger partial charge in [-0.05, 0) is 34.0 Å². The summed E-state index contributed by atoms with van der Waals surface area (Å²) in [6.07, 6.45) is 1.28. The van der Waals surface area contributed by atoms with Gasteiger partial charge in [-0.25, -0.2) is 8.42 Å². The van der Waals surface area contributed by atoms with Gasteiger partial charge in [0.1, 0.15) is 0 Å². The lowest BCUT2D eigenvalue weighted by Crippen LogP contribution is -2.35. The van der Waals surface area contributed by atoms with Crippen LogP contribution < -0.4 is 4.31 Å². The van der Waals surface area contributed by atoms with E-state index in [1.54, 1.807) is 11.3 Å². The van der Waals surface area contributed by atoms with Crippen LogP contribution in [0, 0.1) is 0 Å². The molecule has 0 bridgehead atoms. The van der Waals surface area contributed by atoms with Crippen molar-refractivity contribution < 1.29 is 8.42 Å². The molecule has 4 nitrogen and oxygen atoms in total. The number of hydrogen-bond acceptors (Lipinski definition) is 4. The molecule has 2 heterocycles. The molecule has 1 aromatic heterocycles. The van der Waals surface area contributed by atoms with E-state index in [0.717, 1.165) is 30.9 Å². The summed E-state index contributed by atoms with van der Waals surface area (Å²) < 4.78 is 25.6. The van der Waals surface area contributed by atoms with Crippen LogP contribution in [0.2, 0.25) is 0 Å². The fraction of sp³-hybridized carbons (Fsp3) is 0.333. The van der Waals surface area contributed by atoms with Crippen molar-refractivity contribution in [1.82, 2.24) is 4.90 Å². The molecule has 0 atom stereocenters. The molecule has 0 spiro atoms. The summed E-state index contributed by atoms with van der Waals surface area (Å²) in [7, 11) is -3.24. The van der Waals surface area contributed by atoms with Crippen molar-refractivity contribution in [2.24, 2.45) is 0 Å². The van der Waals surface area contributed by atoms with Crippen LogP contribution in [0.5, 0.6) is 0 Å². The summed E-state index contributed by atoms with van der Waals surface area (Å²) in [5, 5.41) is 4.22. The lowest BCUT2D eigenvalue weighted by atomic mass is 10.1. The lowest BCUT2D eigenvalue weighted by Gasteiger charge is -2.22. The van der Waals surface area contributed by atoms with E-state index < -0.39 is 10.0 Å². The molecule has 0 radical (unpaired) electrons. The van der Waals surface area contributed by atoms with Crippen molar-refractivity contribution in [2.75, 3.05) is 23.7 Å². The molecule has 0 amide bonds. The molecular formula is C15H18N2O2S2. The minimum absolute atomic E-state index is 0.500. The van der Waals surface area contributed by atoms with E-state index in [-0.39, 0.29) is 0 Å². The first-order chi connectivity index (χ1) is 10.0. The molecule has 1 aliphatic rings. The second-order valence-electron chi connectivity index (χ2n) is 5.31. The molecule has 0 saturated carbocycles. The van der Waals surface area contributed by atoms with E-state index in [9.17, 15) is 8.42 Å². The summed E-state index contributed by atoms with van der Waals surface area (Å²) >= 11 is 1.69. The van der Waals surface area contributed by atoms with Gasteiger partial charge in [-0.1, -0.05) is 18.2 Å². The Hall–Kier alpha value is -1.37. The second-order valence-corrected chi connectivity index (χ2v) is 7.99. The van der Waals surface area contributed by atoms with Crippen LogP contribution >= 0.6 is 11.3 Å². The number of anilines is 1. The third-order valence-electron chi connectivity index (χ3n) is 3.66. The van der Waals surface area contributed by atoms with Gasteiger partial charge in [0.05, 0.1) is 11.9 Å². The smallest absolute Gasteiger partial charge is 0.232 e. The Morgan fingerprint density at radius 2 is 2.00 bits per heavy atom. The number of rotatable bonds is 3. The van der Waals surface area contributed by atoms with Crippen LogP contribution in [0.1, 0.15) is 11.1 Å². The van der Waals surface area contributed by atoms with E-state index in [1.807, 2.05) is 24.3 Å². The molecule has 2 aromatic rings. The Morgan fingerprint density at radius 3 is 2.71 bits per heavy atom. The van der Waals surface area contributed by atoms with Gasteiger partial charge < -0.3 is 0 Å². The van der Waals surface area contributed by atoms with Crippen LogP contribution in [-0.4, -0.2) is 32.7 Å². The highest BCUT2D eigenvalue weighted by Crippen LogP contribution is 2.27. The van der Waals surface area contributed by atoms with Gasteiger partial charge in [0, 0.05) is 26.2 Å². The third kappa shape index (κ3) is 3.28. The SMILES string of the molecule is CS(=O)(=O)N1CCN(Cc2ccsc2)Cc2ccccc21. The van der Waals surface area contributed by atoms with Crippen LogP contribution in [0.4, 0.5) is 5.69 Å². The third-order valence-corrected chi connectivity index (χ3v) is 5.57. The summed E-state index contributed by atoms with van der Waals surface area (Å²) in [4.78, 5) is 2.30. The summed E-state index contributed by atoms with van der Waals surface area (Å²) in [6.45, 7) is 2.87. The average Bonchev–Trinajstić information content (AvgIpc) is 2.84. The Bertz CT molecular complexity index is 711. The van der Waals surface area contributed by atoms with E-state index in [0.29, 0.717) is 6.54 Å². The van der Waals surface area contributed by atoms with Gasteiger partial charge in [-0.3, -0.25) is 9.21 Å². The molecule has 1 aromatic carbocycles. The first kappa shape index (κ1) is 14.6. The summed E-state index contributed by atoms with van der Waals surface area (Å²) in [5.41, 5.74) is 3.16. The first-order valence-electron chi connectivity index (χ1n) is 6.83. The molecule has 3 rings (SSSR count). The standard InChI is InChI=1S/C15H18N2O2S2/c1-21(18,19)17-8-7-16(10-13-6-9-20-12-13)11-14-4-2-3-5-15(14)17/h2-6,9,12H,7-8,10-11H2,1H3. The van der Waals surface area contributed by atoms with Crippen molar-refractivity contribution in [3.8, 4) is 0 Å². The molecule has 112 valence electrons. The first-order valence-corrected chi connectivity index (χ1v) is 9.62. The maximum absolute atomic E-state index is 12.0. The van der Waals surface area contributed by atoms with Gasteiger partial charge in [-0.2, -0.15) is 11.3 Å². The Kier molecular flexibility index (Phi) is 4.01. The van der Waals surface area contributed by atoms with Crippen molar-refractivity contribution in [3.05, 3.63) is 52.2 Å². The Morgan fingerprint density at radius 1 is 1.19 bits per heavy atom. The van der Waals surface area contributed by atoms with Crippen LogP contribution in [0.3, 0.4) is 0 Å². The molecule has 0 N–H and O–H groups in total. The molecule has 21 heavy (non-hydrogen) atoms. The number of nitrogens with zero attached hydrogens (tertiary/aromatic N) is 2. The normalized spacial score (nSPS) is 16.5. The Balaban J connectivity index is 1.90. The highest BCUT2D eigenvalue weighted by molar-refractivity contribution is 7.92. The fourth-order valence-electron chi connectivity index (χ4n) is 2.68. The van der Waals surface area contributed by atoms with Crippen molar-refractivity contribution >= 4 is 27.0 Å². The number of para-hydroxylation sites is 1. The van der Waals surface area contributed by atoms with Crippen LogP contribution in [-0.2, 0) is 23.1 Å². The molecule has 0 unspecified atom stereocenters. The van der Waals surface area contributed by atoms with E-state index in [4.69, 9.17) is 0 Å². The van der Waals surface area contributed by atoms with Gasteiger partial charge in [0.25, 0.3) is 0 Å². The van der Waals surface area contributed by atoms with Crippen molar-refractivity contribution in [2.45, 2.75) is 13.1 Å². The minimum atomic E-state index is -3.24. The van der Waals surface area contributed by atoms with Gasteiger partial charge in [0.2, 0.25) is 10.0 Å². The maximum atomic E-state index is 12.0. The zero-order valence-corrected chi connectivity index (χ0v) is 13.5. The van der Waals surface area contributed by atoms with Crippen LogP contribution in [0.25, 0.3) is 0 Å². The second kappa shape index (κ2) is 5.79. The number of thiophene rings is 1. The Labute approximate surface area is 129 Å². The topological polar surface area (TPSA) is 40.6 Å². The molecule has 0 aliphatic carbocycles. The predicted octanol–water partition coefficient (Wildman–Crippen LogP) is 2.53. The fourth-order valence-corrected chi connectivity index (χ4v) is 4.29. The average molecular weight is 322 g/mol. The monoisotopic (exact) mass is 322 g/mol. The zero-order valence-electron chi connectivity index (χ0n) is 11.9. The number of sulfonamides is 1. The highest BCUT2D eigenvalue weighted by Gasteiger charge is 2.25.